The Morgan fingerprint density at radius 3 is 2.72 bits per heavy atom. The molecule has 4 aliphatic rings. The first-order valence-corrected chi connectivity index (χ1v) is 18.6. The highest BCUT2D eigenvalue weighted by atomic mass is 19.1. The van der Waals surface area contributed by atoms with Crippen molar-refractivity contribution in [1.82, 2.24) is 25.1 Å². The maximum absolute atomic E-state index is 17.7. The van der Waals surface area contributed by atoms with Gasteiger partial charge in [-0.2, -0.15) is 5.26 Å². The number of rotatable bonds is 10. The molecule has 3 unspecified atom stereocenters. The molecule has 3 saturated heterocycles. The molecule has 3 aliphatic heterocycles. The summed E-state index contributed by atoms with van der Waals surface area (Å²) in [6, 6.07) is 25.3. The number of fused-ring (bicyclic) bond motifs is 5. The molecule has 1 amide bonds. The van der Waals surface area contributed by atoms with E-state index in [9.17, 15) is 15.2 Å². The van der Waals surface area contributed by atoms with Crippen LogP contribution in [-0.2, 0) is 13.0 Å². The van der Waals surface area contributed by atoms with Crippen LogP contribution < -0.4 is 15.4 Å². The van der Waals surface area contributed by atoms with E-state index in [4.69, 9.17) is 9.72 Å². The van der Waals surface area contributed by atoms with Crippen LogP contribution in [0.15, 0.2) is 79.0 Å². The highest BCUT2D eigenvalue weighted by Gasteiger charge is 2.48. The number of halogens is 1. The molecule has 5 heterocycles. The van der Waals surface area contributed by atoms with Gasteiger partial charge in [-0.05, 0) is 90.9 Å². The van der Waals surface area contributed by atoms with E-state index in [-0.39, 0.29) is 54.0 Å². The summed E-state index contributed by atoms with van der Waals surface area (Å²) in [7, 11) is 2.08. The number of phenols is 1. The number of phenolic OH excluding ortho intramolecular Hbond substituents is 1. The first-order chi connectivity index (χ1) is 25.9. The van der Waals surface area contributed by atoms with E-state index < -0.39 is 5.82 Å². The number of hydrogen-bond acceptors (Lipinski definition) is 7. The molecular weight excluding hydrogens is 668 g/mol. The van der Waals surface area contributed by atoms with Gasteiger partial charge in [-0.25, -0.2) is 9.37 Å². The molecule has 268 valence electrons. The molecular formula is C43H41FN6O3. The van der Waals surface area contributed by atoms with Gasteiger partial charge in [-0.3, -0.25) is 4.79 Å². The van der Waals surface area contributed by atoms with Crippen molar-refractivity contribution in [3.05, 3.63) is 102 Å². The minimum Gasteiger partial charge on any atom is -0.508 e. The number of nitrogens with one attached hydrogen (secondary N) is 2. The number of nitrogens with zero attached hydrogens (tertiary/aromatic N) is 4. The monoisotopic (exact) mass is 708 g/mol. The van der Waals surface area contributed by atoms with Crippen LogP contribution in [0.25, 0.3) is 43.7 Å². The normalized spacial score (nSPS) is 20.9. The summed E-state index contributed by atoms with van der Waals surface area (Å²) in [5.74, 6) is -0.184. The largest absolute Gasteiger partial charge is 0.508 e. The van der Waals surface area contributed by atoms with Crippen LogP contribution in [0.3, 0.4) is 0 Å². The van der Waals surface area contributed by atoms with E-state index in [0.29, 0.717) is 57.6 Å². The Bertz CT molecular complexity index is 2430. The minimum atomic E-state index is -0.548. The number of hydrogen-bond donors (Lipinski definition) is 3. The van der Waals surface area contributed by atoms with Crippen LogP contribution in [0.4, 0.5) is 4.39 Å². The summed E-state index contributed by atoms with van der Waals surface area (Å²) in [5, 5.41) is 30.0. The second-order valence-electron chi connectivity index (χ2n) is 14.8. The summed E-state index contributed by atoms with van der Waals surface area (Å²) in [4.78, 5) is 21.5. The Labute approximate surface area is 307 Å². The number of carbonyl (C=O) groups is 1. The Balaban J connectivity index is 1.30. The Kier molecular flexibility index (Phi) is 8.48. The molecule has 9 nitrogen and oxygen atoms in total. The van der Waals surface area contributed by atoms with Gasteiger partial charge >= 0.3 is 0 Å². The molecule has 10 heteroatoms. The molecule has 10 rings (SSSR count). The zero-order valence-electron chi connectivity index (χ0n) is 29.6. The van der Waals surface area contributed by atoms with Crippen LogP contribution in [0.1, 0.15) is 53.2 Å². The average Bonchev–Trinajstić information content (AvgIpc) is 3.98. The van der Waals surface area contributed by atoms with Gasteiger partial charge in [0.1, 0.15) is 17.9 Å². The lowest BCUT2D eigenvalue weighted by molar-refractivity contribution is 0.0951. The van der Waals surface area contributed by atoms with Crippen molar-refractivity contribution in [2.75, 3.05) is 26.7 Å². The van der Waals surface area contributed by atoms with Gasteiger partial charge in [0.2, 0.25) is 5.88 Å². The smallest absolute Gasteiger partial charge is 0.253 e. The lowest BCUT2D eigenvalue weighted by Gasteiger charge is -2.36. The van der Waals surface area contributed by atoms with E-state index in [1.807, 2.05) is 66.9 Å². The SMILES string of the molecule is CN1CCC[C@H]1COc1nc2c(F)c(-c3cc(O)cc4ccccc34)c(CCC#N)cc2c2c1c(C(=O)NCc1ccccc1)cn2C1C2CNC1C2. The number of benzene rings is 4. The second kappa shape index (κ2) is 13.5. The van der Waals surface area contributed by atoms with Crippen LogP contribution >= 0.6 is 0 Å². The van der Waals surface area contributed by atoms with Gasteiger partial charge in [0.15, 0.2) is 5.82 Å². The highest BCUT2D eigenvalue weighted by molar-refractivity contribution is 6.17. The van der Waals surface area contributed by atoms with Crippen molar-refractivity contribution in [2.24, 2.45) is 5.92 Å². The Hall–Kier alpha value is -5.50. The van der Waals surface area contributed by atoms with Crippen LogP contribution in [0.2, 0.25) is 0 Å². The molecule has 0 radical (unpaired) electrons. The van der Waals surface area contributed by atoms with Crippen molar-refractivity contribution in [3.8, 4) is 28.8 Å². The number of likely N-dealkylation sites (tertiary alicyclic amines) is 1. The van der Waals surface area contributed by atoms with Crippen LogP contribution in [0, 0.1) is 23.1 Å². The highest BCUT2D eigenvalue weighted by Crippen LogP contribution is 2.49. The number of nitriles is 1. The molecule has 2 aromatic heterocycles. The molecule has 4 atom stereocenters. The number of aryl methyl sites for hydroxylation is 1. The third kappa shape index (κ3) is 5.75. The van der Waals surface area contributed by atoms with E-state index in [0.717, 1.165) is 48.7 Å². The van der Waals surface area contributed by atoms with E-state index in [1.165, 1.54) is 0 Å². The lowest BCUT2D eigenvalue weighted by Crippen LogP contribution is -2.38. The number of aromatic nitrogens is 2. The molecule has 1 aliphatic carbocycles. The van der Waals surface area contributed by atoms with Crippen molar-refractivity contribution < 1.29 is 19.0 Å². The predicted octanol–water partition coefficient (Wildman–Crippen LogP) is 7.25. The number of amides is 1. The van der Waals surface area contributed by atoms with Gasteiger partial charge in [0.05, 0.1) is 28.6 Å². The summed E-state index contributed by atoms with van der Waals surface area (Å²) in [6.07, 6.45) is 5.45. The fourth-order valence-electron chi connectivity index (χ4n) is 8.96. The second-order valence-corrected chi connectivity index (χ2v) is 14.8. The zero-order chi connectivity index (χ0) is 36.2. The Morgan fingerprint density at radius 2 is 1.96 bits per heavy atom. The molecule has 53 heavy (non-hydrogen) atoms. The quantitative estimate of drug-likeness (QED) is 0.137. The predicted molar refractivity (Wildman–Crippen MR) is 203 cm³/mol. The van der Waals surface area contributed by atoms with Gasteiger partial charge in [0.25, 0.3) is 5.91 Å². The van der Waals surface area contributed by atoms with Crippen molar-refractivity contribution in [1.29, 1.82) is 5.26 Å². The maximum atomic E-state index is 17.7. The van der Waals surface area contributed by atoms with Crippen molar-refractivity contribution in [2.45, 2.75) is 56.8 Å². The number of likely N-dealkylation sites (N-methyl/N-ethyl adjacent to an activating group) is 1. The zero-order valence-corrected chi connectivity index (χ0v) is 29.6. The topological polar surface area (TPSA) is 115 Å². The van der Waals surface area contributed by atoms with Crippen LogP contribution in [0.5, 0.6) is 11.6 Å². The molecule has 4 aromatic carbocycles. The number of pyridine rings is 1. The van der Waals surface area contributed by atoms with Crippen molar-refractivity contribution >= 4 is 38.5 Å². The first kappa shape index (κ1) is 33.3. The molecule has 0 spiro atoms. The van der Waals surface area contributed by atoms with E-state index >= 15 is 4.39 Å². The van der Waals surface area contributed by atoms with E-state index in [2.05, 4.69) is 33.2 Å². The van der Waals surface area contributed by atoms with Crippen molar-refractivity contribution in [3.63, 3.8) is 0 Å². The lowest BCUT2D eigenvalue weighted by atomic mass is 9.80. The van der Waals surface area contributed by atoms with Gasteiger partial charge in [0, 0.05) is 48.7 Å². The molecule has 4 fully saturated rings. The number of ether oxygens (including phenoxy) is 1. The Morgan fingerprint density at radius 1 is 1.13 bits per heavy atom. The summed E-state index contributed by atoms with van der Waals surface area (Å²) < 4.78 is 26.5. The third-order valence-electron chi connectivity index (χ3n) is 11.7. The fourth-order valence-corrected chi connectivity index (χ4v) is 8.96. The minimum absolute atomic E-state index is 0.0190. The van der Waals surface area contributed by atoms with E-state index in [1.54, 1.807) is 12.1 Å². The standard InChI is InChI=1S/C43H41FN6O3/c1-49-16-8-13-29(49)24-53-43-37-34(42(52)47-21-25-9-3-2-4-10-25)23-50(40-28-19-35(40)46-22-28)41(37)33-18-27(12-7-15-45)36(38(44)39(33)48-43)32-20-30(51)17-26-11-5-6-14-31(26)32/h2-6,9-11,14,17-18,20,23,28-29,35,40,46,51H,7-8,12-13,16,19,21-22,24H2,1H3,(H,47,52)/t28?,29-,35?,40?/m0/s1. The maximum Gasteiger partial charge on any atom is 0.253 e. The molecule has 3 N–H and O–H groups in total. The first-order valence-electron chi connectivity index (χ1n) is 18.6. The van der Waals surface area contributed by atoms with Crippen LogP contribution in [-0.4, -0.2) is 64.3 Å². The molecule has 2 bridgehead atoms. The van der Waals surface area contributed by atoms with Gasteiger partial charge < -0.3 is 29.9 Å². The van der Waals surface area contributed by atoms with Gasteiger partial charge in [-0.15, -0.1) is 0 Å². The third-order valence-corrected chi connectivity index (χ3v) is 11.7. The number of aromatic hydroxyl groups is 1. The molecule has 1 saturated carbocycles. The summed E-state index contributed by atoms with van der Waals surface area (Å²) in [6.45, 7) is 2.54. The average molecular weight is 709 g/mol. The number of carbonyl (C=O) groups excluding carboxylic acids is 1. The summed E-state index contributed by atoms with van der Waals surface area (Å²) in [5.41, 5.74) is 3.72. The molecule has 6 aromatic rings. The van der Waals surface area contributed by atoms with Gasteiger partial charge in [-0.1, -0.05) is 54.6 Å². The summed E-state index contributed by atoms with van der Waals surface area (Å²) >= 11 is 0. The fraction of sp³-hybridized carbons (Fsp3) is 0.326.